The van der Waals surface area contributed by atoms with Crippen molar-refractivity contribution < 1.29 is 23.8 Å². The van der Waals surface area contributed by atoms with Crippen LogP contribution in [-0.4, -0.2) is 79.1 Å². The van der Waals surface area contributed by atoms with Crippen LogP contribution in [0.15, 0.2) is 6.20 Å². The molecule has 1 aliphatic rings. The molecule has 0 bridgehead atoms. The number of rotatable bonds is 8. The van der Waals surface area contributed by atoms with Crippen molar-refractivity contribution in [2.75, 3.05) is 26.8 Å². The number of hydrogen-bond donors (Lipinski definition) is 1. The molecule has 1 aromatic rings. The first-order chi connectivity index (χ1) is 14.8. The summed E-state index contributed by atoms with van der Waals surface area (Å²) in [5, 5.41) is 3.04. The van der Waals surface area contributed by atoms with Gasteiger partial charge in [-0.15, -0.1) is 0 Å². The van der Waals surface area contributed by atoms with Crippen molar-refractivity contribution in [2.24, 2.45) is 0 Å². The lowest BCUT2D eigenvalue weighted by atomic mass is 10.0. The number of likely N-dealkylation sites (tertiary alicyclic amines) is 1. The zero-order valence-electron chi connectivity index (χ0n) is 20.9. The van der Waals surface area contributed by atoms with Gasteiger partial charge in [-0.3, -0.25) is 4.79 Å². The van der Waals surface area contributed by atoms with E-state index in [4.69, 9.17) is 14.2 Å². The van der Waals surface area contributed by atoms with Gasteiger partial charge in [-0.1, -0.05) is 19.6 Å². The molecule has 2 atom stereocenters. The minimum atomic E-state index is -1.17. The van der Waals surface area contributed by atoms with Crippen molar-refractivity contribution in [3.05, 3.63) is 17.7 Å². The summed E-state index contributed by atoms with van der Waals surface area (Å²) >= 11 is 0. The molecular formula is C22H40N4O5Si. The Morgan fingerprint density at radius 2 is 1.97 bits per heavy atom. The van der Waals surface area contributed by atoms with Crippen molar-refractivity contribution in [1.82, 2.24) is 19.8 Å². The van der Waals surface area contributed by atoms with Crippen molar-refractivity contribution >= 4 is 20.1 Å². The fraction of sp³-hybridized carbons (Fsp3) is 0.773. The second kappa shape index (κ2) is 10.8. The highest BCUT2D eigenvalue weighted by Crippen LogP contribution is 2.18. The Hall–Kier alpha value is -1.91. The molecule has 1 aliphatic heterocycles. The smallest absolute Gasteiger partial charge is 0.410 e. The molecule has 1 fully saturated rings. The summed E-state index contributed by atoms with van der Waals surface area (Å²) in [6, 6.07) is 0.831. The molecule has 9 nitrogen and oxygen atoms in total. The lowest BCUT2D eigenvalue weighted by Gasteiger charge is -2.38. The molecule has 0 saturated carbocycles. The summed E-state index contributed by atoms with van der Waals surface area (Å²) < 4.78 is 18.6. The molecule has 0 aromatic carbocycles. The molecule has 0 radical (unpaired) electrons. The highest BCUT2D eigenvalue weighted by molar-refractivity contribution is 6.76. The molecule has 32 heavy (non-hydrogen) atoms. The van der Waals surface area contributed by atoms with E-state index in [1.807, 2.05) is 33.9 Å². The van der Waals surface area contributed by atoms with Crippen LogP contribution < -0.4 is 5.32 Å². The molecule has 0 aliphatic carbocycles. The van der Waals surface area contributed by atoms with Crippen LogP contribution >= 0.6 is 0 Å². The second-order valence-corrected chi connectivity index (χ2v) is 16.2. The first-order valence-corrected chi connectivity index (χ1v) is 14.9. The van der Waals surface area contributed by atoms with Gasteiger partial charge < -0.3 is 29.0 Å². The Labute approximate surface area is 192 Å². The van der Waals surface area contributed by atoms with Crippen LogP contribution in [0.5, 0.6) is 0 Å². The Kier molecular flexibility index (Phi) is 8.89. The fourth-order valence-electron chi connectivity index (χ4n) is 3.41. The summed E-state index contributed by atoms with van der Waals surface area (Å²) in [4.78, 5) is 31.4. The minimum absolute atomic E-state index is 0.232. The van der Waals surface area contributed by atoms with E-state index in [1.54, 1.807) is 16.6 Å². The topological polar surface area (TPSA) is 94.9 Å². The average Bonchev–Trinajstić information content (AvgIpc) is 3.04. The molecule has 0 spiro atoms. The monoisotopic (exact) mass is 468 g/mol. The Morgan fingerprint density at radius 3 is 2.56 bits per heavy atom. The molecule has 1 N–H and O–H groups in total. The van der Waals surface area contributed by atoms with E-state index < -0.39 is 13.7 Å². The van der Waals surface area contributed by atoms with Gasteiger partial charge in [0, 0.05) is 34.5 Å². The van der Waals surface area contributed by atoms with Gasteiger partial charge in [-0.25, -0.2) is 9.78 Å². The van der Waals surface area contributed by atoms with Crippen LogP contribution in [0, 0.1) is 6.92 Å². The van der Waals surface area contributed by atoms with Crippen molar-refractivity contribution in [2.45, 2.75) is 84.3 Å². The number of amides is 2. The second-order valence-electron chi connectivity index (χ2n) is 10.6. The maximum absolute atomic E-state index is 13.0. The van der Waals surface area contributed by atoms with Crippen LogP contribution in [-0.2, 0) is 20.9 Å². The number of nitrogens with one attached hydrogen (secondary N) is 1. The van der Waals surface area contributed by atoms with E-state index in [1.165, 1.54) is 0 Å². The Balaban J connectivity index is 1.97. The third-order valence-corrected chi connectivity index (χ3v) is 6.86. The van der Waals surface area contributed by atoms with Gasteiger partial charge in [0.25, 0.3) is 5.91 Å². The van der Waals surface area contributed by atoms with Gasteiger partial charge in [-0.2, -0.15) is 0 Å². The van der Waals surface area contributed by atoms with Gasteiger partial charge in [0.2, 0.25) is 5.82 Å². The summed E-state index contributed by atoms with van der Waals surface area (Å²) in [6.07, 6.45) is 1.68. The van der Waals surface area contributed by atoms with Gasteiger partial charge in [0.15, 0.2) is 0 Å². The molecule has 182 valence electrons. The van der Waals surface area contributed by atoms with E-state index in [2.05, 4.69) is 29.9 Å². The van der Waals surface area contributed by atoms with Gasteiger partial charge in [0.1, 0.15) is 12.3 Å². The number of aromatic nitrogens is 2. The average molecular weight is 469 g/mol. The molecule has 1 saturated heterocycles. The third-order valence-electron chi connectivity index (χ3n) is 5.16. The summed E-state index contributed by atoms with van der Waals surface area (Å²) in [5.41, 5.74) is 0.198. The van der Waals surface area contributed by atoms with Gasteiger partial charge in [-0.05, 0) is 40.2 Å². The van der Waals surface area contributed by atoms with Crippen molar-refractivity contribution in [1.29, 1.82) is 0 Å². The molecule has 2 rings (SSSR count). The van der Waals surface area contributed by atoms with E-state index >= 15 is 0 Å². The highest BCUT2D eigenvalue weighted by Gasteiger charge is 2.35. The molecule has 2 heterocycles. The molecule has 2 amide bonds. The van der Waals surface area contributed by atoms with Crippen LogP contribution in [0.3, 0.4) is 0 Å². The van der Waals surface area contributed by atoms with E-state index in [-0.39, 0.29) is 24.1 Å². The first-order valence-electron chi connectivity index (χ1n) is 11.2. The Bertz CT molecular complexity index is 784. The van der Waals surface area contributed by atoms with E-state index in [9.17, 15) is 9.59 Å². The van der Waals surface area contributed by atoms with E-state index in [0.29, 0.717) is 38.7 Å². The van der Waals surface area contributed by atoms with Crippen LogP contribution in [0.4, 0.5) is 4.79 Å². The zero-order valence-corrected chi connectivity index (χ0v) is 21.9. The number of methoxy groups -OCH3 is 1. The first kappa shape index (κ1) is 26.3. The maximum Gasteiger partial charge on any atom is 0.410 e. The largest absolute Gasteiger partial charge is 0.444 e. The molecular weight excluding hydrogens is 428 g/mol. The molecule has 10 heteroatoms. The minimum Gasteiger partial charge on any atom is -0.444 e. The van der Waals surface area contributed by atoms with Crippen molar-refractivity contribution in [3.8, 4) is 0 Å². The van der Waals surface area contributed by atoms with E-state index in [0.717, 1.165) is 11.7 Å². The number of carbonyl (C=O) groups excluding carboxylic acids is 2. The number of aryl methyl sites for hydroxylation is 1. The SMILES string of the molecule is COC1CN(C(=O)OC(C)(C)C)CCC1NC(=O)c1nc(C)cn1COCC[Si](C)(C)C. The standard InChI is InChI=1S/C22H40N4O5Si/c1-16-13-26(15-30-11-12-32(6,7)8)19(23-16)20(27)24-17-9-10-25(14-18(17)29-5)21(28)31-22(2,3)4/h13,17-18H,9-12,14-15H2,1-8H3,(H,24,27). The number of imidazole rings is 1. The van der Waals surface area contributed by atoms with Gasteiger partial charge in [0.05, 0.1) is 24.4 Å². The summed E-state index contributed by atoms with van der Waals surface area (Å²) in [5.74, 6) is 0.0459. The number of piperidine rings is 1. The van der Waals surface area contributed by atoms with Crippen molar-refractivity contribution in [3.63, 3.8) is 0 Å². The Morgan fingerprint density at radius 1 is 1.28 bits per heavy atom. The number of ether oxygens (including phenoxy) is 3. The lowest BCUT2D eigenvalue weighted by molar-refractivity contribution is -0.0173. The lowest BCUT2D eigenvalue weighted by Crippen LogP contribution is -2.56. The summed E-state index contributed by atoms with van der Waals surface area (Å²) in [6.45, 7) is 16.1. The van der Waals surface area contributed by atoms with Crippen LogP contribution in [0.25, 0.3) is 0 Å². The number of nitrogens with zero attached hydrogens (tertiary/aromatic N) is 3. The fourth-order valence-corrected chi connectivity index (χ4v) is 4.17. The predicted molar refractivity (Wildman–Crippen MR) is 126 cm³/mol. The quantitative estimate of drug-likeness (QED) is 0.465. The normalized spacial score (nSPS) is 19.7. The number of hydrogen-bond acceptors (Lipinski definition) is 6. The molecule has 2 unspecified atom stereocenters. The maximum atomic E-state index is 13.0. The number of carbonyl (C=O) groups is 2. The zero-order chi connectivity index (χ0) is 24.1. The summed E-state index contributed by atoms with van der Waals surface area (Å²) in [7, 11) is 0.409. The third kappa shape index (κ3) is 8.21. The van der Waals surface area contributed by atoms with Gasteiger partial charge >= 0.3 is 6.09 Å². The highest BCUT2D eigenvalue weighted by atomic mass is 28.3. The van der Waals surface area contributed by atoms with Crippen LogP contribution in [0.1, 0.15) is 43.5 Å². The predicted octanol–water partition coefficient (Wildman–Crippen LogP) is 3.26. The van der Waals surface area contributed by atoms with Crippen LogP contribution in [0.2, 0.25) is 25.7 Å². The molecule has 1 aromatic heterocycles.